The van der Waals surface area contributed by atoms with Crippen molar-refractivity contribution in [1.29, 1.82) is 0 Å². The van der Waals surface area contributed by atoms with Crippen molar-refractivity contribution in [1.82, 2.24) is 9.97 Å². The molecule has 3 aromatic rings. The van der Waals surface area contributed by atoms with Gasteiger partial charge in [0.15, 0.2) is 0 Å². The van der Waals surface area contributed by atoms with Gasteiger partial charge < -0.3 is 19.8 Å². The molecule has 200 valence electrons. The maximum Gasteiger partial charge on any atom is 0.264 e. The van der Waals surface area contributed by atoms with Crippen molar-refractivity contribution in [3.8, 4) is 0 Å². The Balaban J connectivity index is 1.70. The minimum absolute atomic E-state index is 0.143. The molecule has 10 heteroatoms. The fraction of sp³-hybridized carbons (Fsp3) is 0.481. The first kappa shape index (κ1) is 27.1. The predicted octanol–water partition coefficient (Wildman–Crippen LogP) is 4.66. The van der Waals surface area contributed by atoms with Gasteiger partial charge in [0.2, 0.25) is 5.91 Å². The molecule has 2 heterocycles. The minimum atomic E-state index is -3.83. The van der Waals surface area contributed by atoms with E-state index in [9.17, 15) is 13.2 Å². The van der Waals surface area contributed by atoms with Gasteiger partial charge >= 0.3 is 0 Å². The molecule has 0 radical (unpaired) electrons. The van der Waals surface area contributed by atoms with Gasteiger partial charge in [-0.15, -0.1) is 0 Å². The summed E-state index contributed by atoms with van der Waals surface area (Å²) in [6, 6.07) is 11.6. The molecular weight excluding hydrogens is 492 g/mol. The van der Waals surface area contributed by atoms with Crippen LogP contribution in [0.1, 0.15) is 46.4 Å². The van der Waals surface area contributed by atoms with Crippen LogP contribution < -0.4 is 9.62 Å². The number of methoxy groups -OCH3 is 1. The molecule has 1 aliphatic heterocycles. The number of aromatic amines is 1. The largest absolute Gasteiger partial charge is 0.381 e. The number of ether oxygens (including phenoxy) is 2. The second-order valence-electron chi connectivity index (χ2n) is 9.70. The second kappa shape index (κ2) is 10.8. The van der Waals surface area contributed by atoms with E-state index in [1.807, 2.05) is 6.07 Å². The molecule has 1 amide bonds. The van der Waals surface area contributed by atoms with E-state index in [1.54, 1.807) is 38.3 Å². The summed E-state index contributed by atoms with van der Waals surface area (Å²) < 4.78 is 40.2. The molecule has 1 unspecified atom stereocenters. The van der Waals surface area contributed by atoms with Crippen LogP contribution in [0.25, 0.3) is 11.0 Å². The Bertz CT molecular complexity index is 1350. The van der Waals surface area contributed by atoms with Crippen LogP contribution in [0.3, 0.4) is 0 Å². The number of aromatic nitrogens is 2. The minimum Gasteiger partial charge on any atom is -0.381 e. The number of rotatable bonds is 9. The number of nitrogens with zero attached hydrogens (tertiary/aromatic N) is 2. The first-order chi connectivity index (χ1) is 17.6. The summed E-state index contributed by atoms with van der Waals surface area (Å²) in [5, 5.41) is 2.65. The van der Waals surface area contributed by atoms with Crippen molar-refractivity contribution in [2.45, 2.75) is 51.0 Å². The molecule has 2 aromatic carbocycles. The average molecular weight is 529 g/mol. The van der Waals surface area contributed by atoms with Crippen LogP contribution in [0.4, 0.5) is 11.4 Å². The summed E-state index contributed by atoms with van der Waals surface area (Å²) in [5.74, 6) is 0.945. The molecule has 0 bridgehead atoms. The Kier molecular flexibility index (Phi) is 7.91. The van der Waals surface area contributed by atoms with Gasteiger partial charge in [0, 0.05) is 39.5 Å². The number of fused-ring (bicyclic) bond motifs is 1. The van der Waals surface area contributed by atoms with Crippen LogP contribution in [0.15, 0.2) is 47.4 Å². The highest BCUT2D eigenvalue weighted by Crippen LogP contribution is 2.44. The fourth-order valence-electron chi connectivity index (χ4n) is 5.43. The molecule has 1 aromatic heterocycles. The van der Waals surface area contributed by atoms with E-state index < -0.39 is 15.6 Å². The van der Waals surface area contributed by atoms with Crippen molar-refractivity contribution in [3.05, 3.63) is 48.3 Å². The van der Waals surface area contributed by atoms with Crippen LogP contribution in [0.2, 0.25) is 0 Å². The highest BCUT2D eigenvalue weighted by molar-refractivity contribution is 7.92. The maximum absolute atomic E-state index is 13.5. The molecule has 0 saturated carbocycles. The zero-order valence-electron chi connectivity index (χ0n) is 22.1. The Morgan fingerprint density at radius 3 is 2.46 bits per heavy atom. The average Bonchev–Trinajstić information content (AvgIpc) is 3.29. The van der Waals surface area contributed by atoms with Gasteiger partial charge in [-0.2, -0.15) is 0 Å². The summed E-state index contributed by atoms with van der Waals surface area (Å²) in [4.78, 5) is 19.8. The van der Waals surface area contributed by atoms with Crippen molar-refractivity contribution in [2.24, 2.45) is 11.8 Å². The van der Waals surface area contributed by atoms with Gasteiger partial charge in [-0.05, 0) is 74.1 Å². The molecule has 9 nitrogen and oxygen atoms in total. The number of hydrogen-bond donors (Lipinski definition) is 2. The standard InChI is InChI=1S/C27H36N4O5S/c1-6-31(37(33,34)23-10-7-21(8-11-23)28-19(4)32)22-9-12-24-25(17-22)30-26(29-24)27(35-5,18(2)3)20-13-15-36-16-14-20/h7-12,17-18,20H,6,13-16H2,1-5H3,(H,28,32)(H,29,30). The lowest BCUT2D eigenvalue weighted by Crippen LogP contribution is -2.45. The van der Waals surface area contributed by atoms with Crippen molar-refractivity contribution in [3.63, 3.8) is 0 Å². The number of hydrogen-bond acceptors (Lipinski definition) is 6. The highest BCUT2D eigenvalue weighted by atomic mass is 32.2. The SMILES string of the molecule is CCN(c1ccc2[nH]c(C(OC)(C(C)C)C3CCOCC3)nc2c1)S(=O)(=O)c1ccc(NC(C)=O)cc1. The van der Waals surface area contributed by atoms with Crippen molar-refractivity contribution in [2.75, 3.05) is 36.5 Å². The van der Waals surface area contributed by atoms with Crippen LogP contribution >= 0.6 is 0 Å². The Morgan fingerprint density at radius 1 is 1.22 bits per heavy atom. The van der Waals surface area contributed by atoms with Gasteiger partial charge in [-0.3, -0.25) is 9.10 Å². The van der Waals surface area contributed by atoms with Gasteiger partial charge in [0.05, 0.1) is 21.6 Å². The van der Waals surface area contributed by atoms with E-state index in [0.29, 0.717) is 30.1 Å². The van der Waals surface area contributed by atoms with Crippen LogP contribution in [-0.2, 0) is 29.9 Å². The van der Waals surface area contributed by atoms with Crippen LogP contribution in [-0.4, -0.2) is 51.2 Å². The van der Waals surface area contributed by atoms with E-state index in [4.69, 9.17) is 14.5 Å². The zero-order valence-corrected chi connectivity index (χ0v) is 22.9. The lowest BCUT2D eigenvalue weighted by atomic mass is 9.74. The number of nitrogens with one attached hydrogen (secondary N) is 2. The normalized spacial score (nSPS) is 16.6. The lowest BCUT2D eigenvalue weighted by Gasteiger charge is -2.43. The molecular formula is C27H36N4O5S. The van der Waals surface area contributed by atoms with Crippen LogP contribution in [0.5, 0.6) is 0 Å². The smallest absolute Gasteiger partial charge is 0.264 e. The molecule has 0 aliphatic carbocycles. The van der Waals surface area contributed by atoms with E-state index in [2.05, 4.69) is 24.1 Å². The molecule has 0 spiro atoms. The van der Waals surface area contributed by atoms with Crippen molar-refractivity contribution >= 4 is 38.3 Å². The van der Waals surface area contributed by atoms with E-state index in [0.717, 1.165) is 24.2 Å². The third-order valence-electron chi connectivity index (χ3n) is 7.20. The number of carbonyl (C=O) groups is 1. The van der Waals surface area contributed by atoms with Gasteiger partial charge in [0.1, 0.15) is 11.4 Å². The van der Waals surface area contributed by atoms with E-state index in [1.165, 1.54) is 23.4 Å². The summed E-state index contributed by atoms with van der Waals surface area (Å²) in [6.45, 7) is 9.11. The molecule has 4 rings (SSSR count). The number of H-pyrrole nitrogens is 1. The monoisotopic (exact) mass is 528 g/mol. The van der Waals surface area contributed by atoms with E-state index in [-0.39, 0.29) is 29.2 Å². The number of carbonyl (C=O) groups excluding carboxylic acids is 1. The number of anilines is 2. The van der Waals surface area contributed by atoms with E-state index >= 15 is 0 Å². The van der Waals surface area contributed by atoms with Gasteiger partial charge in [-0.25, -0.2) is 13.4 Å². The number of benzene rings is 2. The second-order valence-corrected chi connectivity index (χ2v) is 11.6. The predicted molar refractivity (Wildman–Crippen MR) is 144 cm³/mol. The molecule has 1 saturated heterocycles. The first-order valence-electron chi connectivity index (χ1n) is 12.7. The zero-order chi connectivity index (χ0) is 26.8. The Morgan fingerprint density at radius 2 is 1.89 bits per heavy atom. The Hall–Kier alpha value is -2.95. The third-order valence-corrected chi connectivity index (χ3v) is 9.12. The number of imidazole rings is 1. The molecule has 1 fully saturated rings. The molecule has 1 aliphatic rings. The molecule has 2 N–H and O–H groups in total. The third kappa shape index (κ3) is 5.10. The topological polar surface area (TPSA) is 114 Å². The maximum atomic E-state index is 13.5. The Labute approximate surface area is 218 Å². The summed E-state index contributed by atoms with van der Waals surface area (Å²) in [6.07, 6.45) is 1.77. The van der Waals surface area contributed by atoms with Gasteiger partial charge in [0.25, 0.3) is 10.0 Å². The quantitative estimate of drug-likeness (QED) is 0.418. The summed E-state index contributed by atoms with van der Waals surface area (Å²) >= 11 is 0. The first-order valence-corrected chi connectivity index (χ1v) is 14.1. The highest BCUT2D eigenvalue weighted by Gasteiger charge is 2.46. The summed E-state index contributed by atoms with van der Waals surface area (Å²) in [7, 11) is -2.10. The number of amides is 1. The van der Waals surface area contributed by atoms with Gasteiger partial charge in [-0.1, -0.05) is 13.8 Å². The fourth-order valence-corrected chi connectivity index (χ4v) is 6.90. The van der Waals surface area contributed by atoms with Crippen LogP contribution in [0, 0.1) is 11.8 Å². The summed E-state index contributed by atoms with van der Waals surface area (Å²) in [5.41, 5.74) is 1.96. The van der Waals surface area contributed by atoms with Crippen molar-refractivity contribution < 1.29 is 22.7 Å². The number of sulfonamides is 1. The lowest BCUT2D eigenvalue weighted by molar-refractivity contribution is -0.132. The molecule has 1 atom stereocenters. The molecule has 37 heavy (non-hydrogen) atoms.